The van der Waals surface area contributed by atoms with E-state index in [1.54, 1.807) is 37.6 Å². The number of hydrogen-bond donors (Lipinski definition) is 1. The molecule has 2 aromatic heterocycles. The Morgan fingerprint density at radius 2 is 1.89 bits per heavy atom. The number of piperidine rings is 1. The highest BCUT2D eigenvalue weighted by atomic mass is 32.2. The molecule has 1 aliphatic heterocycles. The average molecular weight is 559 g/mol. The van der Waals surface area contributed by atoms with Crippen molar-refractivity contribution in [1.82, 2.24) is 23.8 Å². The molecule has 3 heterocycles. The van der Waals surface area contributed by atoms with Crippen molar-refractivity contribution in [2.75, 3.05) is 31.8 Å². The van der Waals surface area contributed by atoms with Gasteiger partial charge < -0.3 is 19.4 Å². The van der Waals surface area contributed by atoms with E-state index in [-0.39, 0.29) is 11.9 Å². The molecule has 0 saturated carbocycles. The summed E-state index contributed by atoms with van der Waals surface area (Å²) in [6, 6.07) is 8.44. The van der Waals surface area contributed by atoms with Gasteiger partial charge in [-0.15, -0.1) is 0 Å². The number of aryl methyl sites for hydroxylation is 1. The number of methoxy groups -OCH3 is 1. The first-order valence-electron chi connectivity index (χ1n) is 11.9. The van der Waals surface area contributed by atoms with Crippen molar-refractivity contribution in [3.8, 4) is 11.5 Å². The van der Waals surface area contributed by atoms with Crippen LogP contribution in [-0.4, -0.2) is 64.8 Å². The zero-order valence-corrected chi connectivity index (χ0v) is 22.7. The van der Waals surface area contributed by atoms with Gasteiger partial charge in [0.05, 0.1) is 23.8 Å². The summed E-state index contributed by atoms with van der Waals surface area (Å²) in [5, 5.41) is 4.54. The molecule has 0 atom stereocenters. The average Bonchev–Trinajstić information content (AvgIpc) is 3.29. The number of hydrogen-bond acceptors (Lipinski definition) is 9. The predicted octanol–water partition coefficient (Wildman–Crippen LogP) is 4.21. The quantitative estimate of drug-likeness (QED) is 0.340. The van der Waals surface area contributed by atoms with E-state index in [4.69, 9.17) is 9.47 Å². The molecule has 200 valence electrons. The lowest BCUT2D eigenvalue weighted by molar-refractivity contribution is 0.131. The Balaban J connectivity index is 1.38. The van der Waals surface area contributed by atoms with Gasteiger partial charge in [-0.1, -0.05) is 0 Å². The summed E-state index contributed by atoms with van der Waals surface area (Å²) in [4.78, 5) is 13.4. The van der Waals surface area contributed by atoms with Crippen molar-refractivity contribution in [2.24, 2.45) is 7.05 Å². The number of nitrogens with one attached hydrogen (secondary N) is 1. The lowest BCUT2D eigenvalue weighted by atomic mass is 10.1. The fourth-order valence-electron chi connectivity index (χ4n) is 4.22. The van der Waals surface area contributed by atoms with Crippen LogP contribution in [0.5, 0.6) is 11.5 Å². The molecule has 1 N–H and O–H groups in total. The van der Waals surface area contributed by atoms with Crippen LogP contribution in [0.4, 0.5) is 15.9 Å². The Morgan fingerprint density at radius 3 is 2.55 bits per heavy atom. The molecule has 1 saturated heterocycles. The van der Waals surface area contributed by atoms with Crippen LogP contribution in [-0.2, 0) is 17.1 Å². The minimum atomic E-state index is -3.22. The number of halogens is 1. The monoisotopic (exact) mass is 558 g/mol. The Labute approximate surface area is 224 Å². The van der Waals surface area contributed by atoms with E-state index in [0.29, 0.717) is 69.9 Å². The Bertz CT molecular complexity index is 1570. The van der Waals surface area contributed by atoms with E-state index in [1.807, 2.05) is 17.8 Å². The van der Waals surface area contributed by atoms with Crippen LogP contribution in [0.2, 0.25) is 0 Å². The molecule has 38 heavy (non-hydrogen) atoms. The van der Waals surface area contributed by atoms with Crippen molar-refractivity contribution in [2.45, 2.75) is 29.0 Å². The van der Waals surface area contributed by atoms with Gasteiger partial charge in [0, 0.05) is 49.7 Å². The summed E-state index contributed by atoms with van der Waals surface area (Å²) in [5.74, 6) is 1.11. The standard InChI is InChI=1S/C25H27FN6O4S2/c1-31-11-8-27-25(31)37-23-5-4-16(12-19(23)26)30-24-18-13-22(21(35-2)14-20(18)28-15-29-24)36-17-6-9-32(10-7-17)38(3,33)34/h4-5,8,11-15,17H,6-7,9-10H2,1-3H3,(H,28,29,30). The van der Waals surface area contributed by atoms with Crippen LogP contribution in [0.1, 0.15) is 12.8 Å². The van der Waals surface area contributed by atoms with Crippen molar-refractivity contribution in [1.29, 1.82) is 0 Å². The molecule has 1 fully saturated rings. The molecule has 13 heteroatoms. The fourth-order valence-corrected chi connectivity index (χ4v) is 5.90. The topological polar surface area (TPSA) is 111 Å². The SMILES string of the molecule is COc1cc2ncnc(Nc3ccc(Sc4nccn4C)c(F)c3)c2cc1OC1CCN(S(C)(=O)=O)CC1. The maximum Gasteiger partial charge on any atom is 0.211 e. The molecule has 10 nitrogen and oxygen atoms in total. The van der Waals surface area contributed by atoms with Crippen LogP contribution in [0.25, 0.3) is 10.9 Å². The molecule has 0 spiro atoms. The minimum Gasteiger partial charge on any atom is -0.493 e. The van der Waals surface area contributed by atoms with Gasteiger partial charge in [0.1, 0.15) is 24.1 Å². The second kappa shape index (κ2) is 10.8. The number of fused-ring (bicyclic) bond motifs is 1. The summed E-state index contributed by atoms with van der Waals surface area (Å²) >= 11 is 1.25. The zero-order valence-electron chi connectivity index (χ0n) is 21.1. The number of sulfonamides is 1. The Hall–Kier alpha value is -3.42. The number of ether oxygens (including phenoxy) is 2. The predicted molar refractivity (Wildman–Crippen MR) is 143 cm³/mol. The summed E-state index contributed by atoms with van der Waals surface area (Å²) in [5.41, 5.74) is 1.15. The van der Waals surface area contributed by atoms with E-state index >= 15 is 0 Å². The van der Waals surface area contributed by atoms with E-state index < -0.39 is 10.0 Å². The van der Waals surface area contributed by atoms with Gasteiger partial charge in [-0.05, 0) is 48.9 Å². The second-order valence-electron chi connectivity index (χ2n) is 8.91. The van der Waals surface area contributed by atoms with Gasteiger partial charge in [-0.25, -0.2) is 32.1 Å². The van der Waals surface area contributed by atoms with Gasteiger partial charge in [-0.2, -0.15) is 0 Å². The molecular formula is C25H27FN6O4S2. The van der Waals surface area contributed by atoms with Gasteiger partial charge in [-0.3, -0.25) is 0 Å². The first-order valence-corrected chi connectivity index (χ1v) is 14.5. The van der Waals surface area contributed by atoms with E-state index in [1.165, 1.54) is 34.7 Å². The lowest BCUT2D eigenvalue weighted by Crippen LogP contribution is -2.41. The van der Waals surface area contributed by atoms with E-state index in [0.717, 1.165) is 0 Å². The largest absolute Gasteiger partial charge is 0.493 e. The van der Waals surface area contributed by atoms with Crippen molar-refractivity contribution >= 4 is 44.2 Å². The normalized spacial score (nSPS) is 15.1. The van der Waals surface area contributed by atoms with Crippen molar-refractivity contribution in [3.63, 3.8) is 0 Å². The third-order valence-electron chi connectivity index (χ3n) is 6.26. The first kappa shape index (κ1) is 26.2. The highest BCUT2D eigenvalue weighted by Gasteiger charge is 2.27. The maximum atomic E-state index is 14.9. The lowest BCUT2D eigenvalue weighted by Gasteiger charge is -2.30. The van der Waals surface area contributed by atoms with Crippen molar-refractivity contribution in [3.05, 3.63) is 54.9 Å². The van der Waals surface area contributed by atoms with E-state index in [9.17, 15) is 12.8 Å². The molecule has 1 aliphatic rings. The summed E-state index contributed by atoms with van der Waals surface area (Å²) in [6.45, 7) is 0.796. The van der Waals surface area contributed by atoms with Crippen molar-refractivity contribution < 1.29 is 22.3 Å². The summed E-state index contributed by atoms with van der Waals surface area (Å²) in [7, 11) is 0.181. The number of anilines is 2. The number of nitrogens with zero attached hydrogens (tertiary/aromatic N) is 5. The molecule has 0 unspecified atom stereocenters. The molecule has 0 amide bonds. The maximum absolute atomic E-state index is 14.9. The highest BCUT2D eigenvalue weighted by Crippen LogP contribution is 2.37. The number of aromatic nitrogens is 4. The highest BCUT2D eigenvalue weighted by molar-refractivity contribution is 7.99. The van der Waals surface area contributed by atoms with Gasteiger partial charge in [0.25, 0.3) is 0 Å². The van der Waals surface area contributed by atoms with Crippen LogP contribution in [0.15, 0.2) is 59.1 Å². The van der Waals surface area contributed by atoms with E-state index in [2.05, 4.69) is 20.3 Å². The van der Waals surface area contributed by atoms with Crippen LogP contribution in [0, 0.1) is 5.82 Å². The smallest absolute Gasteiger partial charge is 0.211 e. The molecule has 0 aliphatic carbocycles. The third kappa shape index (κ3) is 5.69. The van der Waals surface area contributed by atoms with Gasteiger partial charge in [0.15, 0.2) is 16.7 Å². The van der Waals surface area contributed by atoms with Gasteiger partial charge >= 0.3 is 0 Å². The van der Waals surface area contributed by atoms with Gasteiger partial charge in [0.2, 0.25) is 10.0 Å². The third-order valence-corrected chi connectivity index (χ3v) is 8.69. The van der Waals surface area contributed by atoms with Crippen LogP contribution >= 0.6 is 11.8 Å². The van der Waals surface area contributed by atoms with Crippen LogP contribution < -0.4 is 14.8 Å². The molecule has 0 radical (unpaired) electrons. The second-order valence-corrected chi connectivity index (χ2v) is 11.9. The molecule has 4 aromatic rings. The van der Waals surface area contributed by atoms with Crippen LogP contribution in [0.3, 0.4) is 0 Å². The number of benzene rings is 2. The Morgan fingerprint density at radius 1 is 1.11 bits per heavy atom. The summed E-state index contributed by atoms with van der Waals surface area (Å²) in [6.07, 6.45) is 7.07. The summed E-state index contributed by atoms with van der Waals surface area (Å²) < 4.78 is 53.6. The molecule has 5 rings (SSSR count). The first-order chi connectivity index (χ1) is 18.2. The minimum absolute atomic E-state index is 0.168. The number of rotatable bonds is 8. The number of imidazole rings is 1. The molecular weight excluding hydrogens is 531 g/mol. The molecule has 0 bridgehead atoms. The molecule has 2 aromatic carbocycles. The zero-order chi connectivity index (χ0) is 26.9. The fraction of sp³-hybridized carbons (Fsp3) is 0.320. The Kier molecular flexibility index (Phi) is 7.41.